The molecular weight excluding hydrogens is 301 g/mol. The SMILES string of the molecule is COc1nc(C2=CC(=O)CC2)nc2c1c(C(F)(F)F)nn2C. The summed E-state index contributed by atoms with van der Waals surface area (Å²) in [7, 11) is 2.59. The fourth-order valence-corrected chi connectivity index (χ4v) is 2.38. The van der Waals surface area contributed by atoms with Gasteiger partial charge in [0.05, 0.1) is 7.11 Å². The zero-order valence-corrected chi connectivity index (χ0v) is 11.7. The Labute approximate surface area is 122 Å². The van der Waals surface area contributed by atoms with Crippen LogP contribution in [0.3, 0.4) is 0 Å². The minimum atomic E-state index is -4.64. The van der Waals surface area contributed by atoms with E-state index in [2.05, 4.69) is 15.1 Å². The number of ether oxygens (including phenoxy) is 1. The Morgan fingerprint density at radius 1 is 1.27 bits per heavy atom. The van der Waals surface area contributed by atoms with Gasteiger partial charge in [0.25, 0.3) is 0 Å². The van der Waals surface area contributed by atoms with Crippen LogP contribution in [0.4, 0.5) is 13.2 Å². The van der Waals surface area contributed by atoms with Crippen LogP contribution in [0.15, 0.2) is 6.08 Å². The molecule has 6 nitrogen and oxygen atoms in total. The topological polar surface area (TPSA) is 69.9 Å². The van der Waals surface area contributed by atoms with Gasteiger partial charge in [0.2, 0.25) is 5.88 Å². The fourth-order valence-electron chi connectivity index (χ4n) is 2.38. The molecule has 0 unspecified atom stereocenters. The van der Waals surface area contributed by atoms with Crippen LogP contribution in [0.25, 0.3) is 16.6 Å². The molecular formula is C13H11F3N4O2. The number of carbonyl (C=O) groups excluding carboxylic acids is 1. The highest BCUT2D eigenvalue weighted by molar-refractivity contribution is 6.01. The molecule has 2 heterocycles. The quantitative estimate of drug-likeness (QED) is 0.849. The Balaban J connectivity index is 2.28. The monoisotopic (exact) mass is 312 g/mol. The molecule has 0 atom stereocenters. The van der Waals surface area contributed by atoms with Gasteiger partial charge in [-0.25, -0.2) is 9.67 Å². The lowest BCUT2D eigenvalue weighted by Gasteiger charge is -2.07. The number of ketones is 1. The third-order valence-electron chi connectivity index (χ3n) is 3.38. The van der Waals surface area contributed by atoms with E-state index in [1.165, 1.54) is 20.2 Å². The Morgan fingerprint density at radius 2 is 2.00 bits per heavy atom. The van der Waals surface area contributed by atoms with Crippen LogP contribution in [0.5, 0.6) is 5.88 Å². The van der Waals surface area contributed by atoms with Crippen molar-refractivity contribution in [2.24, 2.45) is 7.05 Å². The second kappa shape index (κ2) is 4.79. The Bertz CT molecular complexity index is 808. The van der Waals surface area contributed by atoms with Crippen LogP contribution in [-0.4, -0.2) is 32.6 Å². The average Bonchev–Trinajstić information content (AvgIpc) is 3.02. The Morgan fingerprint density at radius 3 is 2.55 bits per heavy atom. The third kappa shape index (κ3) is 2.22. The number of nitrogens with zero attached hydrogens (tertiary/aromatic N) is 4. The van der Waals surface area contributed by atoms with Gasteiger partial charge in [-0.15, -0.1) is 0 Å². The minimum absolute atomic E-state index is 0.00873. The number of rotatable bonds is 2. The molecule has 1 aliphatic carbocycles. The van der Waals surface area contributed by atoms with E-state index in [0.29, 0.717) is 18.4 Å². The van der Waals surface area contributed by atoms with Gasteiger partial charge in [0.1, 0.15) is 5.39 Å². The molecule has 0 saturated carbocycles. The van der Waals surface area contributed by atoms with Crippen molar-refractivity contribution in [1.29, 1.82) is 0 Å². The van der Waals surface area contributed by atoms with Crippen LogP contribution in [0.1, 0.15) is 24.4 Å². The number of aromatic nitrogens is 4. The van der Waals surface area contributed by atoms with Crippen LogP contribution in [0.2, 0.25) is 0 Å². The van der Waals surface area contributed by atoms with E-state index in [4.69, 9.17) is 4.74 Å². The predicted octanol–water partition coefficient (Wildman–Crippen LogP) is 2.14. The summed E-state index contributed by atoms with van der Waals surface area (Å²) in [5.41, 5.74) is -0.501. The van der Waals surface area contributed by atoms with Gasteiger partial charge in [-0.3, -0.25) is 4.79 Å². The zero-order chi connectivity index (χ0) is 16.1. The summed E-state index contributed by atoms with van der Waals surface area (Å²) in [5, 5.41) is 3.19. The largest absolute Gasteiger partial charge is 0.480 e. The van der Waals surface area contributed by atoms with E-state index in [0.717, 1.165) is 4.68 Å². The maximum absolute atomic E-state index is 13.1. The molecule has 9 heteroatoms. The molecule has 0 radical (unpaired) electrons. The van der Waals surface area contributed by atoms with E-state index in [9.17, 15) is 18.0 Å². The maximum atomic E-state index is 13.1. The normalized spacial score (nSPS) is 15.5. The van der Waals surface area contributed by atoms with Gasteiger partial charge in [-0.1, -0.05) is 0 Å². The van der Waals surface area contributed by atoms with Crippen molar-refractivity contribution in [3.05, 3.63) is 17.6 Å². The molecule has 0 amide bonds. The smallest absolute Gasteiger partial charge is 0.436 e. The van der Waals surface area contributed by atoms with Gasteiger partial charge < -0.3 is 4.74 Å². The number of allylic oxidation sites excluding steroid dienone is 2. The molecule has 0 spiro atoms. The third-order valence-corrected chi connectivity index (χ3v) is 3.38. The predicted molar refractivity (Wildman–Crippen MR) is 70.1 cm³/mol. The molecule has 0 saturated heterocycles. The first-order valence-electron chi connectivity index (χ1n) is 6.41. The molecule has 0 bridgehead atoms. The van der Waals surface area contributed by atoms with E-state index in [1.54, 1.807) is 0 Å². The number of alkyl halides is 3. The Hall–Kier alpha value is -2.45. The maximum Gasteiger partial charge on any atom is 0.436 e. The number of carbonyl (C=O) groups is 1. The summed E-state index contributed by atoms with van der Waals surface area (Å²) in [5.74, 6) is -0.0775. The number of aryl methyl sites for hydroxylation is 1. The minimum Gasteiger partial charge on any atom is -0.480 e. The standard InChI is InChI=1S/C13H11F3N4O2/c1-20-11-8(9(19-20)13(14,15)16)12(22-2)18-10(17-11)6-3-4-7(21)5-6/h5H,3-4H2,1-2H3. The Kier molecular flexibility index (Phi) is 3.15. The zero-order valence-electron chi connectivity index (χ0n) is 11.7. The summed E-state index contributed by atoms with van der Waals surface area (Å²) in [6, 6.07) is 0. The summed E-state index contributed by atoms with van der Waals surface area (Å²) in [6.07, 6.45) is -2.43. The van der Waals surface area contributed by atoms with E-state index >= 15 is 0 Å². The highest BCUT2D eigenvalue weighted by Crippen LogP contribution is 2.38. The number of hydrogen-bond donors (Lipinski definition) is 0. The molecule has 0 N–H and O–H groups in total. The summed E-state index contributed by atoms with van der Waals surface area (Å²) >= 11 is 0. The highest BCUT2D eigenvalue weighted by Gasteiger charge is 2.39. The van der Waals surface area contributed by atoms with Gasteiger partial charge in [-0.2, -0.15) is 23.3 Å². The summed E-state index contributed by atoms with van der Waals surface area (Å²) in [6.45, 7) is 0. The van der Waals surface area contributed by atoms with E-state index < -0.39 is 11.9 Å². The van der Waals surface area contributed by atoms with Gasteiger partial charge >= 0.3 is 6.18 Å². The van der Waals surface area contributed by atoms with Crippen LogP contribution >= 0.6 is 0 Å². The van der Waals surface area contributed by atoms with Crippen LogP contribution in [0, 0.1) is 0 Å². The van der Waals surface area contributed by atoms with Crippen molar-refractivity contribution < 1.29 is 22.7 Å². The highest BCUT2D eigenvalue weighted by atomic mass is 19.4. The summed E-state index contributed by atoms with van der Waals surface area (Å²) < 4.78 is 45.2. The number of methoxy groups -OCH3 is 1. The van der Waals surface area contributed by atoms with Crippen molar-refractivity contribution >= 4 is 22.4 Å². The van der Waals surface area contributed by atoms with Crippen molar-refractivity contribution in [2.45, 2.75) is 19.0 Å². The molecule has 2 aromatic heterocycles. The average molecular weight is 312 g/mol. The lowest BCUT2D eigenvalue weighted by molar-refractivity contribution is -0.140. The van der Waals surface area contributed by atoms with E-state index in [-0.39, 0.29) is 28.5 Å². The van der Waals surface area contributed by atoms with Crippen molar-refractivity contribution in [2.75, 3.05) is 7.11 Å². The second-order valence-electron chi connectivity index (χ2n) is 4.86. The molecule has 2 aromatic rings. The molecule has 0 aliphatic heterocycles. The first-order chi connectivity index (χ1) is 10.3. The summed E-state index contributed by atoms with van der Waals surface area (Å²) in [4.78, 5) is 19.5. The lowest BCUT2D eigenvalue weighted by atomic mass is 10.2. The second-order valence-corrected chi connectivity index (χ2v) is 4.86. The lowest BCUT2D eigenvalue weighted by Crippen LogP contribution is -2.08. The first kappa shape index (κ1) is 14.5. The fraction of sp³-hybridized carbons (Fsp3) is 0.385. The molecule has 1 aliphatic rings. The molecule has 3 rings (SSSR count). The molecule has 116 valence electrons. The number of halogens is 3. The number of hydrogen-bond acceptors (Lipinski definition) is 5. The van der Waals surface area contributed by atoms with Crippen LogP contribution < -0.4 is 4.74 Å². The van der Waals surface area contributed by atoms with Crippen molar-refractivity contribution in [3.8, 4) is 5.88 Å². The number of fused-ring (bicyclic) bond motifs is 1. The van der Waals surface area contributed by atoms with Crippen LogP contribution in [-0.2, 0) is 18.0 Å². The van der Waals surface area contributed by atoms with Gasteiger partial charge in [-0.05, 0) is 12.5 Å². The molecule has 0 fully saturated rings. The van der Waals surface area contributed by atoms with E-state index in [1.807, 2.05) is 0 Å². The van der Waals surface area contributed by atoms with Crippen molar-refractivity contribution in [3.63, 3.8) is 0 Å². The van der Waals surface area contributed by atoms with Crippen molar-refractivity contribution in [1.82, 2.24) is 19.7 Å². The van der Waals surface area contributed by atoms with Gasteiger partial charge in [0, 0.05) is 19.0 Å². The molecule has 22 heavy (non-hydrogen) atoms. The van der Waals surface area contributed by atoms with Gasteiger partial charge in [0.15, 0.2) is 22.9 Å². The molecule has 0 aromatic carbocycles. The first-order valence-corrected chi connectivity index (χ1v) is 6.41.